The third-order valence-corrected chi connectivity index (χ3v) is 3.28. The molecule has 4 N–H and O–H groups in total. The molecule has 1 saturated heterocycles. The Morgan fingerprint density at radius 1 is 1.32 bits per heavy atom. The Morgan fingerprint density at radius 2 is 2.11 bits per heavy atom. The van der Waals surface area contributed by atoms with Gasteiger partial charge in [0.15, 0.2) is 11.5 Å². The van der Waals surface area contributed by atoms with Gasteiger partial charge in [0.05, 0.1) is 18.6 Å². The molecule has 1 aliphatic heterocycles. The van der Waals surface area contributed by atoms with Crippen molar-refractivity contribution in [3.05, 3.63) is 17.8 Å². The molecule has 0 amide bonds. The lowest BCUT2D eigenvalue weighted by atomic mass is 10.1. The van der Waals surface area contributed by atoms with Crippen molar-refractivity contribution < 1.29 is 20.1 Å². The minimum atomic E-state index is -1.17. The van der Waals surface area contributed by atoms with Crippen LogP contribution >= 0.6 is 0 Å². The highest BCUT2D eigenvalue weighted by Crippen LogP contribution is 2.32. The first-order valence-corrected chi connectivity index (χ1v) is 5.92. The van der Waals surface area contributed by atoms with Crippen molar-refractivity contribution in [2.24, 2.45) is 0 Å². The summed E-state index contributed by atoms with van der Waals surface area (Å²) in [5.74, 6) is 0.250. The first-order valence-electron chi connectivity index (χ1n) is 5.92. The quantitative estimate of drug-likeness (QED) is 0.539. The van der Waals surface area contributed by atoms with Crippen LogP contribution in [0.2, 0.25) is 0 Å². The topological polar surface area (TPSA) is 124 Å². The van der Waals surface area contributed by atoms with E-state index in [2.05, 4.69) is 19.9 Å². The average Bonchev–Trinajstić information content (AvgIpc) is 2.96. The number of aromatic amines is 1. The summed E-state index contributed by atoms with van der Waals surface area (Å²) in [4.78, 5) is 15.4. The Kier molecular flexibility index (Phi) is 2.94. The van der Waals surface area contributed by atoms with E-state index < -0.39 is 24.4 Å². The summed E-state index contributed by atoms with van der Waals surface area (Å²) in [5.41, 5.74) is 1.87. The number of aliphatic hydroxyl groups excluding tert-OH is 3. The number of aryl methyl sites for hydroxylation is 1. The van der Waals surface area contributed by atoms with E-state index in [0.717, 1.165) is 5.52 Å². The van der Waals surface area contributed by atoms with Crippen LogP contribution in [0.1, 0.15) is 17.6 Å². The predicted octanol–water partition coefficient (Wildman–Crippen LogP) is -1.18. The Bertz CT molecular complexity index is 601. The number of H-pyrrole nitrogens is 1. The summed E-state index contributed by atoms with van der Waals surface area (Å²) >= 11 is 0. The Hall–Kier alpha value is -1.61. The number of rotatable bonds is 2. The van der Waals surface area contributed by atoms with Crippen LogP contribution in [0.3, 0.4) is 0 Å². The maximum atomic E-state index is 9.93. The number of nitrogens with one attached hydrogen (secondary N) is 1. The highest BCUT2D eigenvalue weighted by molar-refractivity contribution is 5.72. The fraction of sp³-hybridized carbons (Fsp3) is 0.545. The fourth-order valence-electron chi connectivity index (χ4n) is 2.24. The molecule has 0 radical (unpaired) electrons. The van der Waals surface area contributed by atoms with Crippen molar-refractivity contribution in [3.63, 3.8) is 0 Å². The lowest BCUT2D eigenvalue weighted by Gasteiger charge is -2.13. The maximum Gasteiger partial charge on any atom is 0.181 e. The molecule has 0 aromatic carbocycles. The molecule has 2 aromatic rings. The summed E-state index contributed by atoms with van der Waals surface area (Å²) in [6.45, 7) is 1.41. The van der Waals surface area contributed by atoms with Crippen LogP contribution in [0.4, 0.5) is 0 Å². The molecule has 2 aromatic heterocycles. The molecule has 8 nitrogen and oxygen atoms in total. The van der Waals surface area contributed by atoms with Crippen LogP contribution in [0, 0.1) is 6.92 Å². The number of nitrogens with zero attached hydrogens (tertiary/aromatic N) is 3. The van der Waals surface area contributed by atoms with E-state index >= 15 is 0 Å². The molecule has 19 heavy (non-hydrogen) atoms. The Balaban J connectivity index is 2.00. The van der Waals surface area contributed by atoms with Crippen LogP contribution in [-0.2, 0) is 4.74 Å². The molecule has 0 spiro atoms. The van der Waals surface area contributed by atoms with Gasteiger partial charge in [-0.15, -0.1) is 0 Å². The van der Waals surface area contributed by atoms with Crippen molar-refractivity contribution in [1.82, 2.24) is 19.9 Å². The summed E-state index contributed by atoms with van der Waals surface area (Å²) in [6.07, 6.45) is -2.53. The zero-order valence-corrected chi connectivity index (χ0v) is 10.2. The van der Waals surface area contributed by atoms with Gasteiger partial charge in [-0.2, -0.15) is 0 Å². The molecule has 0 bridgehead atoms. The van der Waals surface area contributed by atoms with Crippen molar-refractivity contribution in [2.45, 2.75) is 31.3 Å². The third-order valence-electron chi connectivity index (χ3n) is 3.28. The number of hydrogen-bond donors (Lipinski definition) is 4. The molecular formula is C11H14N4O4. The fourth-order valence-corrected chi connectivity index (χ4v) is 2.24. The normalized spacial score (nSPS) is 31.2. The third kappa shape index (κ3) is 1.89. The van der Waals surface area contributed by atoms with Gasteiger partial charge >= 0.3 is 0 Å². The van der Waals surface area contributed by atoms with E-state index in [-0.39, 0.29) is 12.4 Å². The number of fused-ring (bicyclic) bond motifs is 1. The molecule has 0 saturated carbocycles. The molecular weight excluding hydrogens is 252 g/mol. The Morgan fingerprint density at radius 3 is 2.79 bits per heavy atom. The van der Waals surface area contributed by atoms with Crippen molar-refractivity contribution >= 4 is 11.2 Å². The van der Waals surface area contributed by atoms with E-state index in [0.29, 0.717) is 11.3 Å². The molecule has 1 aliphatic rings. The van der Waals surface area contributed by atoms with E-state index in [1.54, 1.807) is 6.92 Å². The summed E-state index contributed by atoms with van der Waals surface area (Å²) in [7, 11) is 0. The number of imidazole rings is 1. The van der Waals surface area contributed by atoms with Gasteiger partial charge in [-0.25, -0.2) is 15.0 Å². The number of ether oxygens (including phenoxy) is 1. The monoisotopic (exact) mass is 266 g/mol. The second-order valence-corrected chi connectivity index (χ2v) is 4.53. The zero-order chi connectivity index (χ0) is 13.6. The van der Waals surface area contributed by atoms with Gasteiger partial charge < -0.3 is 25.0 Å². The molecule has 0 unspecified atom stereocenters. The molecule has 1 fully saturated rings. The van der Waals surface area contributed by atoms with Gasteiger partial charge in [-0.3, -0.25) is 0 Å². The zero-order valence-electron chi connectivity index (χ0n) is 10.2. The summed E-state index contributed by atoms with van der Waals surface area (Å²) < 4.78 is 5.39. The smallest absolute Gasteiger partial charge is 0.181 e. The van der Waals surface area contributed by atoms with Crippen molar-refractivity contribution in [1.29, 1.82) is 0 Å². The van der Waals surface area contributed by atoms with Crippen LogP contribution in [-0.4, -0.2) is 60.2 Å². The number of hydrogen-bond acceptors (Lipinski definition) is 7. The first-order chi connectivity index (χ1) is 9.11. The van der Waals surface area contributed by atoms with E-state index in [4.69, 9.17) is 9.84 Å². The lowest BCUT2D eigenvalue weighted by molar-refractivity contribution is -0.0252. The Labute approximate surface area is 108 Å². The largest absolute Gasteiger partial charge is 0.394 e. The minimum absolute atomic E-state index is 0.250. The van der Waals surface area contributed by atoms with Gasteiger partial charge in [0.1, 0.15) is 29.9 Å². The molecule has 3 rings (SSSR count). The van der Waals surface area contributed by atoms with Gasteiger partial charge in [0.2, 0.25) is 0 Å². The highest BCUT2D eigenvalue weighted by Gasteiger charge is 2.44. The number of aromatic nitrogens is 4. The highest BCUT2D eigenvalue weighted by atomic mass is 16.6. The van der Waals surface area contributed by atoms with E-state index in [9.17, 15) is 10.2 Å². The first kappa shape index (κ1) is 12.4. The van der Waals surface area contributed by atoms with E-state index in [1.807, 2.05) is 0 Å². The van der Waals surface area contributed by atoms with Crippen molar-refractivity contribution in [3.8, 4) is 0 Å². The second kappa shape index (κ2) is 4.49. The van der Waals surface area contributed by atoms with Crippen LogP contribution < -0.4 is 0 Å². The van der Waals surface area contributed by atoms with Crippen LogP contribution in [0.5, 0.6) is 0 Å². The number of aliphatic hydroxyl groups is 3. The average molecular weight is 266 g/mol. The second-order valence-electron chi connectivity index (χ2n) is 4.53. The van der Waals surface area contributed by atoms with Gasteiger partial charge in [0.25, 0.3) is 0 Å². The van der Waals surface area contributed by atoms with Gasteiger partial charge in [-0.05, 0) is 6.92 Å². The summed E-state index contributed by atoms with van der Waals surface area (Å²) in [6, 6.07) is 0. The minimum Gasteiger partial charge on any atom is -0.394 e. The van der Waals surface area contributed by atoms with Crippen LogP contribution in [0.15, 0.2) is 6.33 Å². The van der Waals surface area contributed by atoms with Crippen LogP contribution in [0.25, 0.3) is 11.2 Å². The molecule has 8 heteroatoms. The predicted molar refractivity (Wildman–Crippen MR) is 63.1 cm³/mol. The standard InChI is InChI=1S/C11H14N4O4/c1-4-6-10(13-3-12-6)15-11(14-4)9-8(18)7(17)5(2-16)19-9/h3,5,7-9,16-18H,2H2,1H3,(H,12,13,14,15)/t5-,7+,8+,9-/m1/s1. The molecule has 102 valence electrons. The lowest BCUT2D eigenvalue weighted by Crippen LogP contribution is -2.32. The molecule has 4 atom stereocenters. The molecule has 0 aliphatic carbocycles. The van der Waals surface area contributed by atoms with Gasteiger partial charge in [-0.1, -0.05) is 0 Å². The molecule has 3 heterocycles. The SMILES string of the molecule is Cc1nc([C@@H]2O[C@H](CO)[C@H](O)[C@@H]2O)nc2nc[nH]c12. The maximum absolute atomic E-state index is 9.93. The summed E-state index contributed by atoms with van der Waals surface area (Å²) in [5, 5.41) is 28.7. The van der Waals surface area contributed by atoms with E-state index in [1.165, 1.54) is 6.33 Å². The van der Waals surface area contributed by atoms with Crippen molar-refractivity contribution in [2.75, 3.05) is 6.61 Å². The van der Waals surface area contributed by atoms with Gasteiger partial charge in [0, 0.05) is 0 Å².